The fourth-order valence-corrected chi connectivity index (χ4v) is 2.92. The first-order valence-corrected chi connectivity index (χ1v) is 8.66. The van der Waals surface area contributed by atoms with Gasteiger partial charge in [0, 0.05) is 7.05 Å². The number of para-hydroxylation sites is 1. The fraction of sp³-hybridized carbons (Fsp3) is 0.200. The summed E-state index contributed by atoms with van der Waals surface area (Å²) in [5, 5.41) is 5.18. The quantitative estimate of drug-likeness (QED) is 0.719. The first-order valence-electron chi connectivity index (χ1n) is 8.66. The molecule has 2 amide bonds. The van der Waals surface area contributed by atoms with Crippen molar-refractivity contribution in [3.05, 3.63) is 81.8 Å². The average Bonchev–Trinajstić information content (AvgIpc) is 2.88. The summed E-state index contributed by atoms with van der Waals surface area (Å²) < 4.78 is 29.5. The van der Waals surface area contributed by atoms with Crippen molar-refractivity contribution in [2.75, 3.05) is 5.32 Å². The maximum absolute atomic E-state index is 13.4. The van der Waals surface area contributed by atoms with E-state index in [0.29, 0.717) is 16.9 Å². The van der Waals surface area contributed by atoms with Crippen LogP contribution in [0.5, 0.6) is 0 Å². The zero-order valence-corrected chi connectivity index (χ0v) is 15.7. The van der Waals surface area contributed by atoms with Crippen molar-refractivity contribution >= 4 is 11.7 Å². The third-order valence-electron chi connectivity index (χ3n) is 4.58. The summed E-state index contributed by atoms with van der Waals surface area (Å²) >= 11 is 0. The number of carbonyl (C=O) groups is 1. The second-order valence-electron chi connectivity index (χ2n) is 6.43. The lowest BCUT2D eigenvalue weighted by atomic mass is 10.1. The Bertz CT molecular complexity index is 1070. The Morgan fingerprint density at radius 3 is 2.39 bits per heavy atom. The minimum atomic E-state index is -0.990. The van der Waals surface area contributed by atoms with E-state index in [2.05, 4.69) is 10.6 Å². The molecule has 28 heavy (non-hydrogen) atoms. The van der Waals surface area contributed by atoms with E-state index in [-0.39, 0.29) is 11.2 Å². The van der Waals surface area contributed by atoms with Crippen LogP contribution in [0.25, 0.3) is 5.69 Å². The Kier molecular flexibility index (Phi) is 5.30. The molecular weight excluding hydrogens is 366 g/mol. The number of anilines is 1. The molecule has 0 bridgehead atoms. The van der Waals surface area contributed by atoms with Crippen LogP contribution in [0, 0.1) is 18.6 Å². The van der Waals surface area contributed by atoms with Crippen molar-refractivity contribution in [2.45, 2.75) is 19.9 Å². The van der Waals surface area contributed by atoms with E-state index in [1.807, 2.05) is 18.2 Å². The van der Waals surface area contributed by atoms with E-state index in [9.17, 15) is 18.4 Å². The van der Waals surface area contributed by atoms with Crippen LogP contribution < -0.4 is 16.2 Å². The van der Waals surface area contributed by atoms with Gasteiger partial charge in [0.25, 0.3) is 5.56 Å². The molecule has 0 spiro atoms. The number of nitrogens with zero attached hydrogens (tertiary/aromatic N) is 2. The first-order chi connectivity index (χ1) is 13.3. The maximum Gasteiger partial charge on any atom is 0.319 e. The molecule has 0 saturated carbocycles. The Labute approximate surface area is 160 Å². The van der Waals surface area contributed by atoms with Crippen molar-refractivity contribution in [2.24, 2.45) is 7.05 Å². The number of rotatable bonds is 4. The van der Waals surface area contributed by atoms with Gasteiger partial charge in [0.1, 0.15) is 5.69 Å². The molecule has 0 aliphatic carbocycles. The third kappa shape index (κ3) is 3.66. The van der Waals surface area contributed by atoms with Crippen molar-refractivity contribution in [1.82, 2.24) is 14.7 Å². The van der Waals surface area contributed by atoms with Crippen LogP contribution in [-0.2, 0) is 7.05 Å². The van der Waals surface area contributed by atoms with E-state index in [0.717, 1.165) is 12.1 Å². The molecule has 6 nitrogen and oxygen atoms in total. The molecule has 3 aromatic rings. The van der Waals surface area contributed by atoms with Gasteiger partial charge in [-0.1, -0.05) is 24.3 Å². The van der Waals surface area contributed by atoms with Gasteiger partial charge in [-0.3, -0.25) is 9.48 Å². The summed E-state index contributed by atoms with van der Waals surface area (Å²) in [7, 11) is 1.72. The van der Waals surface area contributed by atoms with Gasteiger partial charge >= 0.3 is 6.03 Å². The van der Waals surface area contributed by atoms with Gasteiger partial charge in [-0.15, -0.1) is 0 Å². The number of carbonyl (C=O) groups excluding carboxylic acids is 1. The highest BCUT2D eigenvalue weighted by molar-refractivity contribution is 5.90. The minimum absolute atomic E-state index is 0.140. The number of amides is 2. The number of benzene rings is 2. The molecule has 0 aliphatic heterocycles. The Balaban J connectivity index is 1.81. The predicted octanol–water partition coefficient (Wildman–Crippen LogP) is 3.65. The Morgan fingerprint density at radius 2 is 1.75 bits per heavy atom. The molecule has 0 saturated heterocycles. The molecule has 0 aliphatic rings. The van der Waals surface area contributed by atoms with Crippen LogP contribution >= 0.6 is 0 Å². The van der Waals surface area contributed by atoms with Gasteiger partial charge in [0.05, 0.1) is 17.4 Å². The second kappa shape index (κ2) is 7.67. The predicted molar refractivity (Wildman–Crippen MR) is 103 cm³/mol. The van der Waals surface area contributed by atoms with Crippen LogP contribution in [0.4, 0.5) is 19.3 Å². The average molecular weight is 386 g/mol. The monoisotopic (exact) mass is 386 g/mol. The summed E-state index contributed by atoms with van der Waals surface area (Å²) in [5.74, 6) is -1.95. The summed E-state index contributed by atoms with van der Waals surface area (Å²) in [6.45, 7) is 3.35. The van der Waals surface area contributed by atoms with E-state index < -0.39 is 23.7 Å². The maximum atomic E-state index is 13.4. The van der Waals surface area contributed by atoms with E-state index >= 15 is 0 Å². The fourth-order valence-electron chi connectivity index (χ4n) is 2.92. The van der Waals surface area contributed by atoms with Crippen molar-refractivity contribution in [3.63, 3.8) is 0 Å². The van der Waals surface area contributed by atoms with Crippen LogP contribution in [0.1, 0.15) is 24.2 Å². The third-order valence-corrected chi connectivity index (χ3v) is 4.58. The normalized spacial score (nSPS) is 11.9. The molecule has 2 aromatic carbocycles. The minimum Gasteiger partial charge on any atom is -0.331 e. The largest absolute Gasteiger partial charge is 0.331 e. The van der Waals surface area contributed by atoms with E-state index in [1.165, 1.54) is 10.7 Å². The SMILES string of the molecule is Cc1c(NC(=O)NC(C)c2ccc(F)c(F)c2)c(=O)n(-c2ccccc2)n1C. The Morgan fingerprint density at radius 1 is 1.07 bits per heavy atom. The van der Waals surface area contributed by atoms with Crippen molar-refractivity contribution in [3.8, 4) is 5.69 Å². The molecule has 3 rings (SSSR count). The lowest BCUT2D eigenvalue weighted by Crippen LogP contribution is -2.33. The summed E-state index contributed by atoms with van der Waals surface area (Å²) in [6, 6.07) is 11.2. The molecule has 1 heterocycles. The number of hydrogen-bond donors (Lipinski definition) is 2. The summed E-state index contributed by atoms with van der Waals surface area (Å²) in [4.78, 5) is 25.2. The van der Waals surface area contributed by atoms with Crippen molar-refractivity contribution < 1.29 is 13.6 Å². The number of aromatic nitrogens is 2. The molecule has 1 unspecified atom stereocenters. The van der Waals surface area contributed by atoms with Gasteiger partial charge in [0.2, 0.25) is 0 Å². The van der Waals surface area contributed by atoms with Gasteiger partial charge in [-0.25, -0.2) is 18.3 Å². The van der Waals surface area contributed by atoms with E-state index in [4.69, 9.17) is 0 Å². The smallest absolute Gasteiger partial charge is 0.319 e. The van der Waals surface area contributed by atoms with E-state index in [1.54, 1.807) is 37.7 Å². The highest BCUT2D eigenvalue weighted by Crippen LogP contribution is 2.17. The lowest BCUT2D eigenvalue weighted by molar-refractivity contribution is 0.249. The van der Waals surface area contributed by atoms with Gasteiger partial charge < -0.3 is 10.6 Å². The number of hydrogen-bond acceptors (Lipinski definition) is 2. The molecule has 0 radical (unpaired) electrons. The summed E-state index contributed by atoms with van der Waals surface area (Å²) in [6.07, 6.45) is 0. The number of urea groups is 1. The zero-order valence-electron chi connectivity index (χ0n) is 15.7. The second-order valence-corrected chi connectivity index (χ2v) is 6.43. The van der Waals surface area contributed by atoms with Crippen LogP contribution in [0.15, 0.2) is 53.3 Å². The van der Waals surface area contributed by atoms with Crippen molar-refractivity contribution in [1.29, 1.82) is 0 Å². The van der Waals surface area contributed by atoms with Crippen LogP contribution in [0.2, 0.25) is 0 Å². The van der Waals surface area contributed by atoms with Crippen LogP contribution in [0.3, 0.4) is 0 Å². The zero-order chi connectivity index (χ0) is 20.4. The summed E-state index contributed by atoms with van der Waals surface area (Å²) in [5.41, 5.74) is 1.41. The van der Waals surface area contributed by atoms with Crippen LogP contribution in [-0.4, -0.2) is 15.4 Å². The molecule has 146 valence electrons. The topological polar surface area (TPSA) is 68.1 Å². The Hall–Kier alpha value is -3.42. The first kappa shape index (κ1) is 19.3. The highest BCUT2D eigenvalue weighted by Gasteiger charge is 2.19. The highest BCUT2D eigenvalue weighted by atomic mass is 19.2. The molecular formula is C20H20F2N4O2. The number of halogens is 2. The molecule has 0 fully saturated rings. The van der Waals surface area contributed by atoms with Gasteiger partial charge in [-0.05, 0) is 43.7 Å². The molecule has 1 atom stereocenters. The standard InChI is InChI=1S/C20H20F2N4O2/c1-12(14-9-10-16(21)17(22)11-14)23-20(28)24-18-13(2)25(3)26(19(18)27)15-7-5-4-6-8-15/h4-12H,1-3H3,(H2,23,24,28). The lowest BCUT2D eigenvalue weighted by Gasteiger charge is -2.15. The molecule has 2 N–H and O–H groups in total. The molecule has 8 heteroatoms. The van der Waals surface area contributed by atoms with Gasteiger partial charge in [-0.2, -0.15) is 0 Å². The number of nitrogens with one attached hydrogen (secondary N) is 2. The van der Waals surface area contributed by atoms with Gasteiger partial charge in [0.15, 0.2) is 11.6 Å². The molecule has 1 aromatic heterocycles.